The molecule has 0 aromatic carbocycles. The van der Waals surface area contributed by atoms with Crippen LogP contribution in [-0.2, 0) is 0 Å². The van der Waals surface area contributed by atoms with Crippen molar-refractivity contribution in [2.75, 3.05) is 25.4 Å². The molecule has 0 bridgehead atoms. The average molecular weight is 287 g/mol. The molecule has 1 rings (SSSR count). The van der Waals surface area contributed by atoms with Crippen LogP contribution < -0.4 is 5.32 Å². The zero-order chi connectivity index (χ0) is 14.5. The van der Waals surface area contributed by atoms with E-state index in [-0.39, 0.29) is 0 Å². The summed E-state index contributed by atoms with van der Waals surface area (Å²) < 4.78 is 0. The monoisotopic (exact) mass is 286 g/mol. The molecule has 0 aliphatic carbocycles. The molecule has 3 heteroatoms. The van der Waals surface area contributed by atoms with Crippen LogP contribution in [0.15, 0.2) is 0 Å². The first kappa shape index (κ1) is 17.3. The Bertz CT molecular complexity index is 251. The molecule has 19 heavy (non-hydrogen) atoms. The maximum absolute atomic E-state index is 3.67. The van der Waals surface area contributed by atoms with E-state index in [4.69, 9.17) is 0 Å². The highest BCUT2D eigenvalue weighted by Gasteiger charge is 2.33. The lowest BCUT2D eigenvalue weighted by atomic mass is 9.81. The van der Waals surface area contributed by atoms with Crippen molar-refractivity contribution in [3.05, 3.63) is 0 Å². The van der Waals surface area contributed by atoms with Crippen LogP contribution in [0.4, 0.5) is 0 Å². The Morgan fingerprint density at radius 1 is 1.26 bits per heavy atom. The normalized spacial score (nSPS) is 26.1. The van der Waals surface area contributed by atoms with Gasteiger partial charge in [0.25, 0.3) is 0 Å². The van der Waals surface area contributed by atoms with Gasteiger partial charge >= 0.3 is 0 Å². The molecule has 2 nitrogen and oxygen atoms in total. The van der Waals surface area contributed by atoms with Crippen molar-refractivity contribution in [2.24, 2.45) is 5.41 Å². The van der Waals surface area contributed by atoms with E-state index in [1.807, 2.05) is 0 Å². The Morgan fingerprint density at radius 3 is 2.42 bits per heavy atom. The minimum Gasteiger partial charge on any atom is -0.314 e. The minimum atomic E-state index is 0.445. The largest absolute Gasteiger partial charge is 0.314 e. The van der Waals surface area contributed by atoms with Crippen molar-refractivity contribution in [1.29, 1.82) is 0 Å². The van der Waals surface area contributed by atoms with Crippen LogP contribution in [0.1, 0.15) is 54.4 Å². The summed E-state index contributed by atoms with van der Waals surface area (Å²) in [6.07, 6.45) is 2.54. The number of hydrogen-bond donors (Lipinski definition) is 1. The van der Waals surface area contributed by atoms with Crippen molar-refractivity contribution in [2.45, 2.75) is 71.7 Å². The SMILES string of the molecule is CCC(CC)(CNC(C)C)CN1CCSC(C)C1C. The third-order valence-corrected chi connectivity index (χ3v) is 6.28. The van der Waals surface area contributed by atoms with Gasteiger partial charge in [-0.2, -0.15) is 11.8 Å². The maximum Gasteiger partial charge on any atom is 0.0184 e. The molecule has 1 N–H and O–H groups in total. The van der Waals surface area contributed by atoms with Gasteiger partial charge in [-0.3, -0.25) is 4.90 Å². The van der Waals surface area contributed by atoms with Gasteiger partial charge in [-0.15, -0.1) is 0 Å². The lowest BCUT2D eigenvalue weighted by molar-refractivity contribution is 0.104. The summed E-state index contributed by atoms with van der Waals surface area (Å²) in [6.45, 7) is 17.7. The average Bonchev–Trinajstić information content (AvgIpc) is 2.39. The van der Waals surface area contributed by atoms with Gasteiger partial charge in [0.05, 0.1) is 0 Å². The van der Waals surface area contributed by atoms with E-state index >= 15 is 0 Å². The predicted molar refractivity (Wildman–Crippen MR) is 89.1 cm³/mol. The van der Waals surface area contributed by atoms with Crippen LogP contribution in [0.5, 0.6) is 0 Å². The van der Waals surface area contributed by atoms with Crippen LogP contribution in [0.3, 0.4) is 0 Å². The fourth-order valence-electron chi connectivity index (χ4n) is 2.85. The topological polar surface area (TPSA) is 15.3 Å². The third kappa shape index (κ3) is 4.95. The molecule has 1 saturated heterocycles. The molecular formula is C16H34N2S. The summed E-state index contributed by atoms with van der Waals surface area (Å²) in [5.41, 5.74) is 0.445. The highest BCUT2D eigenvalue weighted by atomic mass is 32.2. The highest BCUT2D eigenvalue weighted by molar-refractivity contribution is 8.00. The van der Waals surface area contributed by atoms with E-state index in [1.165, 1.54) is 31.7 Å². The summed E-state index contributed by atoms with van der Waals surface area (Å²) in [5, 5.41) is 4.45. The molecule has 1 heterocycles. The molecule has 0 radical (unpaired) electrons. The first-order valence-electron chi connectivity index (χ1n) is 8.03. The summed E-state index contributed by atoms with van der Waals surface area (Å²) >= 11 is 2.13. The van der Waals surface area contributed by atoms with Crippen LogP contribution in [0, 0.1) is 5.41 Å². The van der Waals surface area contributed by atoms with Gasteiger partial charge in [0.2, 0.25) is 0 Å². The standard InChI is InChI=1S/C16H34N2S/c1-7-16(8-2,11-17-13(3)4)12-18-9-10-19-15(6)14(18)5/h13-15,17H,7-12H2,1-6H3. The van der Waals surface area contributed by atoms with Crippen molar-refractivity contribution < 1.29 is 0 Å². The third-order valence-electron chi connectivity index (χ3n) is 4.94. The molecule has 1 fully saturated rings. The van der Waals surface area contributed by atoms with Gasteiger partial charge in [-0.25, -0.2) is 0 Å². The van der Waals surface area contributed by atoms with Gasteiger partial charge < -0.3 is 5.32 Å². The van der Waals surface area contributed by atoms with Crippen LogP contribution in [-0.4, -0.2) is 47.6 Å². The molecule has 2 unspecified atom stereocenters. The quantitative estimate of drug-likeness (QED) is 0.769. The summed E-state index contributed by atoms with van der Waals surface area (Å²) in [4.78, 5) is 2.73. The van der Waals surface area contributed by atoms with Crippen molar-refractivity contribution in [3.8, 4) is 0 Å². The Morgan fingerprint density at radius 2 is 1.89 bits per heavy atom. The molecule has 0 aromatic rings. The summed E-state index contributed by atoms with van der Waals surface area (Å²) in [5.74, 6) is 1.30. The zero-order valence-electron chi connectivity index (χ0n) is 13.8. The van der Waals surface area contributed by atoms with Crippen LogP contribution in [0.2, 0.25) is 0 Å². The summed E-state index contributed by atoms with van der Waals surface area (Å²) in [6, 6.07) is 1.31. The predicted octanol–water partition coefficient (Wildman–Crippen LogP) is 3.62. The summed E-state index contributed by atoms with van der Waals surface area (Å²) in [7, 11) is 0. The van der Waals surface area contributed by atoms with E-state index in [0.29, 0.717) is 11.5 Å². The molecule has 1 aliphatic heterocycles. The Balaban J connectivity index is 2.65. The van der Waals surface area contributed by atoms with E-state index in [1.54, 1.807) is 0 Å². The van der Waals surface area contributed by atoms with Gasteiger partial charge in [-0.1, -0.05) is 34.6 Å². The molecular weight excluding hydrogens is 252 g/mol. The van der Waals surface area contributed by atoms with Gasteiger partial charge in [0.1, 0.15) is 0 Å². The molecule has 1 aliphatic rings. The number of nitrogens with one attached hydrogen (secondary N) is 1. The lowest BCUT2D eigenvalue weighted by Crippen LogP contribution is -2.52. The first-order valence-corrected chi connectivity index (χ1v) is 9.08. The molecule has 2 atom stereocenters. The smallest absolute Gasteiger partial charge is 0.0184 e. The fraction of sp³-hybridized carbons (Fsp3) is 1.00. The van der Waals surface area contributed by atoms with E-state index in [9.17, 15) is 0 Å². The fourth-order valence-corrected chi connectivity index (χ4v) is 4.01. The molecule has 114 valence electrons. The number of rotatable bonds is 7. The van der Waals surface area contributed by atoms with Gasteiger partial charge in [0.15, 0.2) is 0 Å². The molecule has 0 amide bonds. The Kier molecular flexibility index (Phi) is 7.20. The van der Waals surface area contributed by atoms with Crippen LogP contribution in [0.25, 0.3) is 0 Å². The maximum atomic E-state index is 3.67. The van der Waals surface area contributed by atoms with Gasteiger partial charge in [0, 0.05) is 42.7 Å². The lowest BCUT2D eigenvalue weighted by Gasteiger charge is -2.44. The minimum absolute atomic E-state index is 0.445. The first-order chi connectivity index (χ1) is 8.94. The number of hydrogen-bond acceptors (Lipinski definition) is 3. The number of nitrogens with zero attached hydrogens (tertiary/aromatic N) is 1. The molecule has 0 saturated carbocycles. The second kappa shape index (κ2) is 7.90. The Labute approximate surface area is 125 Å². The Hall–Kier alpha value is 0.270. The number of thioether (sulfide) groups is 1. The zero-order valence-corrected chi connectivity index (χ0v) is 14.6. The second-order valence-electron chi connectivity index (χ2n) is 6.53. The van der Waals surface area contributed by atoms with Crippen molar-refractivity contribution in [3.63, 3.8) is 0 Å². The van der Waals surface area contributed by atoms with Crippen molar-refractivity contribution >= 4 is 11.8 Å². The second-order valence-corrected chi connectivity index (χ2v) is 8.01. The molecule has 0 spiro atoms. The van der Waals surface area contributed by atoms with Gasteiger partial charge in [-0.05, 0) is 25.2 Å². The van der Waals surface area contributed by atoms with E-state index in [2.05, 4.69) is 63.5 Å². The van der Waals surface area contributed by atoms with E-state index < -0.39 is 0 Å². The molecule has 0 aromatic heterocycles. The van der Waals surface area contributed by atoms with Crippen molar-refractivity contribution in [1.82, 2.24) is 10.2 Å². The van der Waals surface area contributed by atoms with E-state index in [0.717, 1.165) is 17.8 Å². The highest BCUT2D eigenvalue weighted by Crippen LogP contribution is 2.32. The van der Waals surface area contributed by atoms with Crippen LogP contribution >= 0.6 is 11.8 Å².